The normalized spacial score (nSPS) is 24.1. The molecule has 0 aromatic carbocycles. The quantitative estimate of drug-likeness (QED) is 0.647. The molecule has 22 heavy (non-hydrogen) atoms. The lowest BCUT2D eigenvalue weighted by Crippen LogP contribution is -2.50. The molecule has 2 aliphatic rings. The fourth-order valence-corrected chi connectivity index (χ4v) is 4.19. The summed E-state index contributed by atoms with van der Waals surface area (Å²) in [5.41, 5.74) is -1.64. The molecule has 0 aliphatic heterocycles. The number of aliphatic hydroxyl groups is 2. The van der Waals surface area contributed by atoms with Crippen LogP contribution < -0.4 is 4.73 Å². The number of pyridine rings is 1. The molecule has 2 saturated carbocycles. The number of rotatable bonds is 2. The van der Waals surface area contributed by atoms with E-state index in [1.165, 1.54) is 0 Å². The molecule has 1 aromatic heterocycles. The summed E-state index contributed by atoms with van der Waals surface area (Å²) in [6.45, 7) is 0. The third kappa shape index (κ3) is 2.84. The van der Waals surface area contributed by atoms with E-state index >= 15 is 0 Å². The maximum atomic E-state index is 12.9. The molecule has 0 bridgehead atoms. The molecule has 0 saturated heterocycles. The van der Waals surface area contributed by atoms with E-state index in [0.29, 0.717) is 42.1 Å². The minimum atomic E-state index is -1.12. The maximum absolute atomic E-state index is 12.9. The van der Waals surface area contributed by atoms with E-state index in [-0.39, 0.29) is 0 Å². The lowest BCUT2D eigenvalue weighted by Gasteiger charge is -2.34. The van der Waals surface area contributed by atoms with Crippen LogP contribution in [0.5, 0.6) is 0 Å². The number of hydrogen-bond acceptors (Lipinski definition) is 3. The Balaban J connectivity index is 2.05. The van der Waals surface area contributed by atoms with Gasteiger partial charge >= 0.3 is 0 Å². The third-order valence-corrected chi connectivity index (χ3v) is 5.52. The predicted octanol–water partition coefficient (Wildman–Crippen LogP) is 3.28. The first-order chi connectivity index (χ1) is 10.4. The molecule has 2 aliphatic carbocycles. The van der Waals surface area contributed by atoms with E-state index in [2.05, 4.69) is 0 Å². The van der Waals surface area contributed by atoms with Gasteiger partial charge in [0.2, 0.25) is 11.4 Å². The fourth-order valence-electron chi connectivity index (χ4n) is 3.98. The Labute approximate surface area is 136 Å². The summed E-state index contributed by atoms with van der Waals surface area (Å²) in [6.07, 6.45) is 8.09. The van der Waals surface area contributed by atoms with Gasteiger partial charge in [-0.05, 0) is 51.4 Å². The molecular weight excluding hydrogens is 302 g/mol. The second kappa shape index (κ2) is 5.99. The minimum Gasteiger partial charge on any atom is -0.618 e. The van der Waals surface area contributed by atoms with E-state index in [1.54, 1.807) is 12.1 Å². The molecule has 1 aromatic rings. The van der Waals surface area contributed by atoms with E-state index < -0.39 is 11.2 Å². The first-order valence-corrected chi connectivity index (χ1v) is 8.71. The van der Waals surface area contributed by atoms with Crippen LogP contribution in [0.3, 0.4) is 0 Å². The molecule has 0 amide bonds. The molecule has 0 atom stereocenters. The highest BCUT2D eigenvalue weighted by Gasteiger charge is 2.43. The first kappa shape index (κ1) is 16.0. The fraction of sp³-hybridized carbons (Fsp3) is 0.706. The van der Waals surface area contributed by atoms with Crippen LogP contribution in [0, 0.1) is 5.21 Å². The lowest BCUT2D eigenvalue weighted by atomic mass is 9.80. The lowest BCUT2D eigenvalue weighted by molar-refractivity contribution is -0.640. The number of aromatic nitrogens is 1. The van der Waals surface area contributed by atoms with Crippen molar-refractivity contribution in [1.82, 2.24) is 0 Å². The summed E-state index contributed by atoms with van der Waals surface area (Å²) < 4.78 is 0.752. The predicted molar refractivity (Wildman–Crippen MR) is 84.4 cm³/mol. The Kier molecular flexibility index (Phi) is 4.36. The highest BCUT2D eigenvalue weighted by Crippen LogP contribution is 2.40. The Bertz CT molecular complexity index is 504. The van der Waals surface area contributed by atoms with Crippen LogP contribution in [-0.2, 0) is 11.2 Å². The van der Waals surface area contributed by atoms with E-state index in [1.807, 2.05) is 0 Å². The van der Waals surface area contributed by atoms with E-state index in [4.69, 9.17) is 11.6 Å². The summed E-state index contributed by atoms with van der Waals surface area (Å²) in [6, 6.07) is 3.13. The summed E-state index contributed by atoms with van der Waals surface area (Å²) in [5, 5.41) is 35.1. The summed E-state index contributed by atoms with van der Waals surface area (Å²) in [7, 11) is 0. The molecule has 4 nitrogen and oxygen atoms in total. The van der Waals surface area contributed by atoms with Gasteiger partial charge in [0.25, 0.3) is 0 Å². The number of nitrogens with zero attached hydrogens (tertiary/aromatic N) is 1. The molecule has 0 spiro atoms. The van der Waals surface area contributed by atoms with Gasteiger partial charge in [-0.25, -0.2) is 0 Å². The van der Waals surface area contributed by atoms with Crippen molar-refractivity contribution >= 4 is 11.6 Å². The van der Waals surface area contributed by atoms with Crippen molar-refractivity contribution in [2.24, 2.45) is 0 Å². The SMILES string of the molecule is [O-][n+]1c(C2(O)CCCCC2)cc(Cl)cc1C1(O)CCCCC1. The van der Waals surface area contributed by atoms with Crippen LogP contribution >= 0.6 is 11.6 Å². The largest absolute Gasteiger partial charge is 0.618 e. The van der Waals surface area contributed by atoms with Gasteiger partial charge in [0.15, 0.2) is 0 Å². The Morgan fingerprint density at radius 1 is 0.818 bits per heavy atom. The topological polar surface area (TPSA) is 67.4 Å². The van der Waals surface area contributed by atoms with Crippen molar-refractivity contribution in [1.29, 1.82) is 0 Å². The van der Waals surface area contributed by atoms with Gasteiger partial charge in [0.1, 0.15) is 11.2 Å². The van der Waals surface area contributed by atoms with Crippen molar-refractivity contribution in [2.75, 3.05) is 0 Å². The van der Waals surface area contributed by atoms with Crippen LogP contribution in [0.25, 0.3) is 0 Å². The van der Waals surface area contributed by atoms with Crippen LogP contribution in [0.2, 0.25) is 5.02 Å². The summed E-state index contributed by atoms with van der Waals surface area (Å²) >= 11 is 6.21. The van der Waals surface area contributed by atoms with E-state index in [9.17, 15) is 15.4 Å². The third-order valence-electron chi connectivity index (χ3n) is 5.30. The summed E-state index contributed by atoms with van der Waals surface area (Å²) in [4.78, 5) is 0. The monoisotopic (exact) mass is 325 g/mol. The highest BCUT2D eigenvalue weighted by atomic mass is 35.5. The maximum Gasteiger partial charge on any atom is 0.226 e. The first-order valence-electron chi connectivity index (χ1n) is 8.33. The molecular formula is C17H24ClNO3. The van der Waals surface area contributed by atoms with Gasteiger partial charge in [-0.2, -0.15) is 4.73 Å². The molecule has 2 N–H and O–H groups in total. The Morgan fingerprint density at radius 3 is 1.55 bits per heavy atom. The minimum absolute atomic E-state index is 0.300. The molecule has 0 radical (unpaired) electrons. The van der Waals surface area contributed by atoms with Gasteiger partial charge in [-0.3, -0.25) is 0 Å². The number of halogens is 1. The number of hydrogen-bond donors (Lipinski definition) is 2. The molecule has 0 unspecified atom stereocenters. The van der Waals surface area contributed by atoms with Crippen LogP contribution in [0.4, 0.5) is 0 Å². The molecule has 1 heterocycles. The van der Waals surface area contributed by atoms with Crippen molar-refractivity contribution in [3.8, 4) is 0 Å². The molecule has 3 rings (SSSR count). The zero-order valence-electron chi connectivity index (χ0n) is 12.9. The van der Waals surface area contributed by atoms with Crippen LogP contribution in [0.15, 0.2) is 12.1 Å². The van der Waals surface area contributed by atoms with Crippen molar-refractivity contribution in [3.05, 3.63) is 33.8 Å². The van der Waals surface area contributed by atoms with Gasteiger partial charge in [-0.15, -0.1) is 0 Å². The van der Waals surface area contributed by atoms with Crippen molar-refractivity contribution in [2.45, 2.75) is 75.4 Å². The zero-order chi connectivity index (χ0) is 15.8. The standard InChI is InChI=1S/C17H24ClNO3/c18-13-11-14(16(20)7-3-1-4-8-16)19(22)15(12-13)17(21)9-5-2-6-10-17/h11-12,20-21H,1-10H2. The molecule has 122 valence electrons. The average molecular weight is 326 g/mol. The van der Waals surface area contributed by atoms with Crippen LogP contribution in [-0.4, -0.2) is 10.2 Å². The second-order valence-electron chi connectivity index (χ2n) is 6.92. The molecule has 5 heteroatoms. The average Bonchev–Trinajstić information content (AvgIpc) is 2.50. The molecule has 2 fully saturated rings. The van der Waals surface area contributed by atoms with E-state index in [0.717, 1.165) is 43.3 Å². The van der Waals surface area contributed by atoms with Gasteiger partial charge in [0, 0.05) is 12.1 Å². The van der Waals surface area contributed by atoms with Crippen molar-refractivity contribution in [3.63, 3.8) is 0 Å². The Hall–Kier alpha value is -0.840. The second-order valence-corrected chi connectivity index (χ2v) is 7.36. The van der Waals surface area contributed by atoms with Crippen molar-refractivity contribution < 1.29 is 14.9 Å². The van der Waals surface area contributed by atoms with Gasteiger partial charge in [0.05, 0.1) is 5.02 Å². The van der Waals surface area contributed by atoms with Crippen LogP contribution in [0.1, 0.15) is 75.6 Å². The van der Waals surface area contributed by atoms with Gasteiger partial charge in [-0.1, -0.05) is 24.4 Å². The Morgan fingerprint density at radius 2 is 1.18 bits per heavy atom. The highest BCUT2D eigenvalue weighted by molar-refractivity contribution is 6.30. The van der Waals surface area contributed by atoms with Gasteiger partial charge < -0.3 is 15.4 Å². The zero-order valence-corrected chi connectivity index (χ0v) is 13.6. The summed E-state index contributed by atoms with van der Waals surface area (Å²) in [5.74, 6) is 0. The smallest absolute Gasteiger partial charge is 0.226 e.